The topological polar surface area (TPSA) is 126 Å². The van der Waals surface area contributed by atoms with Crippen LogP contribution in [0.2, 0.25) is 0 Å². The maximum atomic E-state index is 12.9. The largest absolute Gasteiger partial charge is 0.479 e. The van der Waals surface area contributed by atoms with Crippen molar-refractivity contribution >= 4 is 11.9 Å². The van der Waals surface area contributed by atoms with E-state index in [1.807, 2.05) is 6.92 Å². The van der Waals surface area contributed by atoms with Gasteiger partial charge in [0.2, 0.25) is 0 Å². The number of hydrogen-bond acceptors (Lipinski definition) is 7. The van der Waals surface area contributed by atoms with E-state index in [1.165, 1.54) is 6.20 Å². The van der Waals surface area contributed by atoms with Gasteiger partial charge >= 0.3 is 17.6 Å². The van der Waals surface area contributed by atoms with Crippen LogP contribution < -0.4 is 11.2 Å². The number of carboxylic acids is 1. The van der Waals surface area contributed by atoms with Crippen molar-refractivity contribution in [2.24, 2.45) is 0 Å². The summed E-state index contributed by atoms with van der Waals surface area (Å²) >= 11 is 0. The summed E-state index contributed by atoms with van der Waals surface area (Å²) in [4.78, 5) is 49.0. The van der Waals surface area contributed by atoms with Gasteiger partial charge in [0.25, 0.3) is 5.56 Å². The van der Waals surface area contributed by atoms with E-state index in [0.29, 0.717) is 6.61 Å². The number of hydrogen-bond donors (Lipinski definition) is 1. The van der Waals surface area contributed by atoms with E-state index in [9.17, 15) is 24.3 Å². The SMILES string of the molecule is CCCCOCn1c(=O)ccn([C@@H]2O[C@H](C(=O)O)CC2OC(=O)c2ccccc2)c1=O. The van der Waals surface area contributed by atoms with Gasteiger partial charge in [-0.1, -0.05) is 31.5 Å². The van der Waals surface area contributed by atoms with Gasteiger partial charge in [0.1, 0.15) is 6.73 Å². The lowest BCUT2D eigenvalue weighted by Gasteiger charge is -2.21. The Labute approximate surface area is 177 Å². The van der Waals surface area contributed by atoms with E-state index < -0.39 is 41.6 Å². The Balaban J connectivity index is 1.87. The number of carbonyl (C=O) groups excluding carboxylic acids is 1. The van der Waals surface area contributed by atoms with Crippen LogP contribution in [0.5, 0.6) is 0 Å². The highest BCUT2D eigenvalue weighted by atomic mass is 16.6. The molecule has 0 saturated carbocycles. The van der Waals surface area contributed by atoms with Crippen molar-refractivity contribution in [3.63, 3.8) is 0 Å². The van der Waals surface area contributed by atoms with Crippen LogP contribution in [-0.2, 0) is 25.7 Å². The Bertz CT molecular complexity index is 1030. The number of esters is 1. The highest BCUT2D eigenvalue weighted by Crippen LogP contribution is 2.31. The van der Waals surface area contributed by atoms with Gasteiger partial charge in [0.15, 0.2) is 18.4 Å². The summed E-state index contributed by atoms with van der Waals surface area (Å²) in [6.45, 7) is 2.12. The molecule has 31 heavy (non-hydrogen) atoms. The molecule has 1 N–H and O–H groups in total. The Morgan fingerprint density at radius 1 is 1.19 bits per heavy atom. The number of aromatic nitrogens is 2. The minimum Gasteiger partial charge on any atom is -0.479 e. The third kappa shape index (κ3) is 5.28. The van der Waals surface area contributed by atoms with Gasteiger partial charge in [-0.2, -0.15) is 0 Å². The predicted molar refractivity (Wildman–Crippen MR) is 108 cm³/mol. The first-order valence-electron chi connectivity index (χ1n) is 9.96. The van der Waals surface area contributed by atoms with Gasteiger partial charge in [0.05, 0.1) is 5.56 Å². The van der Waals surface area contributed by atoms with Gasteiger partial charge < -0.3 is 19.3 Å². The molecule has 3 rings (SSSR count). The minimum absolute atomic E-state index is 0.142. The summed E-state index contributed by atoms with van der Waals surface area (Å²) in [5.74, 6) is -1.91. The zero-order valence-electron chi connectivity index (χ0n) is 17.0. The van der Waals surface area contributed by atoms with Crippen LogP contribution in [0.4, 0.5) is 0 Å². The molecular formula is C21H24N2O8. The molecule has 166 valence electrons. The third-order valence-electron chi connectivity index (χ3n) is 4.84. The van der Waals surface area contributed by atoms with E-state index in [0.717, 1.165) is 28.0 Å². The maximum Gasteiger partial charge on any atom is 0.338 e. The molecule has 0 bridgehead atoms. The van der Waals surface area contributed by atoms with Gasteiger partial charge in [-0.05, 0) is 18.6 Å². The molecule has 1 aliphatic heterocycles. The number of carbonyl (C=O) groups is 2. The smallest absolute Gasteiger partial charge is 0.338 e. The van der Waals surface area contributed by atoms with Crippen LogP contribution in [0.3, 0.4) is 0 Å². The summed E-state index contributed by atoms with van der Waals surface area (Å²) < 4.78 is 18.3. The molecule has 1 aromatic carbocycles. The predicted octanol–water partition coefficient (Wildman–Crippen LogP) is 1.38. The lowest BCUT2D eigenvalue weighted by Crippen LogP contribution is -2.43. The molecule has 1 aliphatic rings. The number of carboxylic acid groups (broad SMARTS) is 1. The molecule has 10 nitrogen and oxygen atoms in total. The monoisotopic (exact) mass is 432 g/mol. The normalized spacial score (nSPS) is 20.5. The van der Waals surface area contributed by atoms with Crippen molar-refractivity contribution in [1.82, 2.24) is 9.13 Å². The van der Waals surface area contributed by atoms with Crippen molar-refractivity contribution in [3.05, 3.63) is 69.0 Å². The van der Waals surface area contributed by atoms with E-state index >= 15 is 0 Å². The van der Waals surface area contributed by atoms with Crippen LogP contribution in [-0.4, -0.2) is 45.0 Å². The highest BCUT2D eigenvalue weighted by molar-refractivity contribution is 5.89. The zero-order chi connectivity index (χ0) is 22.4. The average molecular weight is 432 g/mol. The van der Waals surface area contributed by atoms with Crippen LogP contribution in [0.25, 0.3) is 0 Å². The molecule has 10 heteroatoms. The summed E-state index contributed by atoms with van der Waals surface area (Å²) in [6.07, 6.45) is -0.787. The molecule has 0 radical (unpaired) electrons. The molecule has 1 saturated heterocycles. The molecule has 0 aliphatic carbocycles. The summed E-state index contributed by atoms with van der Waals surface area (Å²) in [7, 11) is 0. The molecular weight excluding hydrogens is 408 g/mol. The van der Waals surface area contributed by atoms with Crippen LogP contribution >= 0.6 is 0 Å². The van der Waals surface area contributed by atoms with Gasteiger partial charge in [-0.25, -0.2) is 19.0 Å². The second kappa shape index (κ2) is 10.2. The molecule has 2 heterocycles. The van der Waals surface area contributed by atoms with Gasteiger partial charge in [0, 0.05) is 25.3 Å². The average Bonchev–Trinajstić information content (AvgIpc) is 3.17. The number of ether oxygens (including phenoxy) is 3. The molecule has 1 fully saturated rings. The summed E-state index contributed by atoms with van der Waals surface area (Å²) in [6, 6.07) is 9.34. The molecule has 0 amide bonds. The van der Waals surface area contributed by atoms with Gasteiger partial charge in [-0.3, -0.25) is 9.36 Å². The van der Waals surface area contributed by atoms with Crippen molar-refractivity contribution in [1.29, 1.82) is 0 Å². The summed E-state index contributed by atoms with van der Waals surface area (Å²) in [5.41, 5.74) is -1.04. The van der Waals surface area contributed by atoms with Crippen LogP contribution in [0.1, 0.15) is 42.8 Å². The number of aliphatic carboxylic acids is 1. The Morgan fingerprint density at radius 2 is 1.94 bits per heavy atom. The molecule has 0 spiro atoms. The third-order valence-corrected chi connectivity index (χ3v) is 4.84. The lowest BCUT2D eigenvalue weighted by molar-refractivity contribution is -0.152. The fourth-order valence-corrected chi connectivity index (χ4v) is 3.17. The van der Waals surface area contributed by atoms with Crippen LogP contribution in [0.15, 0.2) is 52.2 Å². The first-order valence-corrected chi connectivity index (χ1v) is 9.96. The highest BCUT2D eigenvalue weighted by Gasteiger charge is 2.43. The zero-order valence-corrected chi connectivity index (χ0v) is 17.0. The first kappa shape index (κ1) is 22.4. The second-order valence-corrected chi connectivity index (χ2v) is 7.06. The number of benzene rings is 1. The Kier molecular flexibility index (Phi) is 7.37. The van der Waals surface area contributed by atoms with Crippen molar-refractivity contribution in [3.8, 4) is 0 Å². The number of unbranched alkanes of at least 4 members (excludes halogenated alkanes) is 1. The van der Waals surface area contributed by atoms with Gasteiger partial charge in [-0.15, -0.1) is 0 Å². The van der Waals surface area contributed by atoms with Crippen LogP contribution in [0, 0.1) is 0 Å². The maximum absolute atomic E-state index is 12.9. The Morgan fingerprint density at radius 3 is 2.61 bits per heavy atom. The van der Waals surface area contributed by atoms with Crippen molar-refractivity contribution < 1.29 is 28.9 Å². The quantitative estimate of drug-likeness (QED) is 0.465. The van der Waals surface area contributed by atoms with E-state index in [-0.39, 0.29) is 18.7 Å². The van der Waals surface area contributed by atoms with Crippen molar-refractivity contribution in [2.75, 3.05) is 6.61 Å². The van der Waals surface area contributed by atoms with Crippen molar-refractivity contribution in [2.45, 2.75) is 51.4 Å². The summed E-state index contributed by atoms with van der Waals surface area (Å²) in [5, 5.41) is 9.35. The fraction of sp³-hybridized carbons (Fsp3) is 0.429. The number of rotatable bonds is 9. The van der Waals surface area contributed by atoms with E-state index in [4.69, 9.17) is 14.2 Å². The molecule has 1 unspecified atom stereocenters. The standard InChI is InChI=1S/C21H24N2O8/c1-2-3-11-29-13-23-17(24)9-10-22(21(23)28)18-15(12-16(30-18)19(25)26)31-20(27)14-7-5-4-6-8-14/h4-10,15-16,18H,2-3,11-13H2,1H3,(H,25,26)/t15?,16-,18+/m0/s1. The molecule has 2 aromatic rings. The lowest BCUT2D eigenvalue weighted by atomic mass is 10.2. The Hall–Kier alpha value is -3.24. The van der Waals surface area contributed by atoms with E-state index in [1.54, 1.807) is 30.3 Å². The minimum atomic E-state index is -1.27. The fourth-order valence-electron chi connectivity index (χ4n) is 3.17. The first-order chi connectivity index (χ1) is 14.9. The molecule has 3 atom stereocenters. The van der Waals surface area contributed by atoms with E-state index in [2.05, 4.69) is 0 Å². The number of nitrogens with zero attached hydrogens (tertiary/aromatic N) is 2. The second-order valence-electron chi connectivity index (χ2n) is 7.06. The molecule has 1 aromatic heterocycles.